The maximum absolute atomic E-state index is 12.7. The molecule has 2 amide bonds. The van der Waals surface area contributed by atoms with E-state index in [1.54, 1.807) is 9.80 Å². The van der Waals surface area contributed by atoms with Crippen LogP contribution in [0.1, 0.15) is 30.2 Å². The fraction of sp³-hybridized carbons (Fsp3) is 0.333. The molecular weight excluding hydrogens is 378 g/mol. The second-order valence-corrected chi connectivity index (χ2v) is 7.83. The molecule has 1 aliphatic heterocycles. The van der Waals surface area contributed by atoms with Crippen LogP contribution in [0.3, 0.4) is 0 Å². The van der Waals surface area contributed by atoms with Gasteiger partial charge in [0.25, 0.3) is 11.8 Å². The number of piperazine rings is 1. The van der Waals surface area contributed by atoms with Gasteiger partial charge < -0.3 is 19.1 Å². The summed E-state index contributed by atoms with van der Waals surface area (Å²) in [6, 6.07) is 17.6. The van der Waals surface area contributed by atoms with Crippen molar-refractivity contribution in [2.24, 2.45) is 0 Å². The minimum Gasteiger partial charge on any atom is -0.483 e. The minimum atomic E-state index is -0.0536. The number of aromatic nitrogens is 1. The van der Waals surface area contributed by atoms with Crippen LogP contribution in [0.5, 0.6) is 5.75 Å². The number of benzene rings is 2. The Morgan fingerprint density at radius 3 is 2.30 bits per heavy atom. The Labute approximate surface area is 176 Å². The highest BCUT2D eigenvalue weighted by atomic mass is 16.5. The van der Waals surface area contributed by atoms with Crippen LogP contribution in [0, 0.1) is 0 Å². The molecule has 1 fully saturated rings. The van der Waals surface area contributed by atoms with Crippen molar-refractivity contribution in [2.45, 2.75) is 19.9 Å². The lowest BCUT2D eigenvalue weighted by atomic mass is 10.2. The molecule has 0 unspecified atom stereocenters. The topological polar surface area (TPSA) is 54.8 Å². The third kappa shape index (κ3) is 4.03. The van der Waals surface area contributed by atoms with E-state index in [4.69, 9.17) is 4.74 Å². The third-order valence-electron chi connectivity index (χ3n) is 5.57. The van der Waals surface area contributed by atoms with Crippen molar-refractivity contribution in [3.8, 4) is 5.75 Å². The number of ether oxygens (including phenoxy) is 1. The molecule has 156 valence electrons. The molecule has 2 aromatic carbocycles. The number of amides is 2. The highest BCUT2D eigenvalue weighted by molar-refractivity contribution is 5.94. The summed E-state index contributed by atoms with van der Waals surface area (Å²) in [6.45, 7) is 6.39. The molecule has 0 radical (unpaired) electrons. The molecule has 6 nitrogen and oxygen atoms in total. The smallest absolute Gasteiger partial charge is 0.260 e. The highest BCUT2D eigenvalue weighted by Gasteiger charge is 2.25. The Bertz CT molecular complexity index is 1030. The Morgan fingerprint density at radius 1 is 0.900 bits per heavy atom. The summed E-state index contributed by atoms with van der Waals surface area (Å²) in [4.78, 5) is 28.8. The molecular formula is C24H27N3O3. The van der Waals surface area contributed by atoms with Gasteiger partial charge in [-0.05, 0) is 44.2 Å². The van der Waals surface area contributed by atoms with E-state index in [1.165, 1.54) is 0 Å². The van der Waals surface area contributed by atoms with Crippen molar-refractivity contribution in [2.75, 3.05) is 32.8 Å². The van der Waals surface area contributed by atoms with Crippen LogP contribution in [-0.2, 0) is 4.79 Å². The second kappa shape index (κ2) is 8.61. The van der Waals surface area contributed by atoms with Crippen LogP contribution >= 0.6 is 0 Å². The van der Waals surface area contributed by atoms with Crippen molar-refractivity contribution in [3.63, 3.8) is 0 Å². The standard InChI is InChI=1S/C24H27N3O3/c1-18(2)27-12-11-20-21(27)9-6-10-22(20)30-17-23(28)25-13-15-26(16-14-25)24(29)19-7-4-3-5-8-19/h3-12,18H,13-17H2,1-2H3. The zero-order valence-corrected chi connectivity index (χ0v) is 17.5. The fourth-order valence-corrected chi connectivity index (χ4v) is 3.89. The molecule has 2 heterocycles. The first-order chi connectivity index (χ1) is 14.5. The Hall–Kier alpha value is -3.28. The van der Waals surface area contributed by atoms with Gasteiger partial charge in [0, 0.05) is 49.4 Å². The van der Waals surface area contributed by atoms with Gasteiger partial charge in [-0.2, -0.15) is 0 Å². The first kappa shape index (κ1) is 20.0. The van der Waals surface area contributed by atoms with Crippen molar-refractivity contribution in [1.29, 1.82) is 0 Å². The minimum absolute atomic E-state index is 0.00139. The summed E-state index contributed by atoms with van der Waals surface area (Å²) < 4.78 is 8.07. The van der Waals surface area contributed by atoms with E-state index in [0.717, 1.165) is 16.7 Å². The molecule has 1 aliphatic rings. The van der Waals surface area contributed by atoms with Crippen LogP contribution in [0.25, 0.3) is 10.9 Å². The average Bonchev–Trinajstić information content (AvgIpc) is 3.23. The lowest BCUT2D eigenvalue weighted by Gasteiger charge is -2.34. The lowest BCUT2D eigenvalue weighted by Crippen LogP contribution is -2.51. The summed E-state index contributed by atoms with van der Waals surface area (Å²) in [5, 5.41) is 1.01. The van der Waals surface area contributed by atoms with Gasteiger partial charge in [-0.3, -0.25) is 9.59 Å². The third-order valence-corrected chi connectivity index (χ3v) is 5.57. The van der Waals surface area contributed by atoms with Crippen molar-refractivity contribution < 1.29 is 14.3 Å². The monoisotopic (exact) mass is 405 g/mol. The van der Waals surface area contributed by atoms with Crippen molar-refractivity contribution in [1.82, 2.24) is 14.4 Å². The fourth-order valence-electron chi connectivity index (χ4n) is 3.89. The molecule has 0 aliphatic carbocycles. The molecule has 1 aromatic heterocycles. The van der Waals surface area contributed by atoms with Gasteiger partial charge in [-0.1, -0.05) is 24.3 Å². The number of hydrogen-bond acceptors (Lipinski definition) is 3. The number of nitrogens with zero attached hydrogens (tertiary/aromatic N) is 3. The summed E-state index contributed by atoms with van der Waals surface area (Å²) in [6.07, 6.45) is 2.05. The second-order valence-electron chi connectivity index (χ2n) is 7.83. The quantitative estimate of drug-likeness (QED) is 0.652. The molecule has 30 heavy (non-hydrogen) atoms. The van der Waals surface area contributed by atoms with Gasteiger partial charge in [0.05, 0.1) is 5.52 Å². The van der Waals surface area contributed by atoms with Gasteiger partial charge in [-0.15, -0.1) is 0 Å². The van der Waals surface area contributed by atoms with Gasteiger partial charge in [0.2, 0.25) is 0 Å². The Morgan fingerprint density at radius 2 is 1.60 bits per heavy atom. The SMILES string of the molecule is CC(C)n1ccc2c(OCC(=O)N3CCN(C(=O)c4ccccc4)CC3)cccc21. The van der Waals surface area contributed by atoms with Crippen LogP contribution in [-0.4, -0.2) is 59.0 Å². The first-order valence-electron chi connectivity index (χ1n) is 10.4. The van der Waals surface area contributed by atoms with E-state index >= 15 is 0 Å². The van der Waals surface area contributed by atoms with Crippen LogP contribution in [0.2, 0.25) is 0 Å². The van der Waals surface area contributed by atoms with Gasteiger partial charge in [0.1, 0.15) is 5.75 Å². The van der Waals surface area contributed by atoms with Gasteiger partial charge in [-0.25, -0.2) is 0 Å². The summed E-state index contributed by atoms with van der Waals surface area (Å²) in [7, 11) is 0. The Balaban J connectivity index is 1.34. The van der Waals surface area contributed by atoms with E-state index in [1.807, 2.05) is 54.7 Å². The molecule has 1 saturated heterocycles. The van der Waals surface area contributed by atoms with Crippen LogP contribution in [0.15, 0.2) is 60.8 Å². The summed E-state index contributed by atoms with van der Waals surface area (Å²) in [5.41, 5.74) is 1.78. The zero-order valence-electron chi connectivity index (χ0n) is 17.5. The normalized spacial score (nSPS) is 14.4. The van der Waals surface area contributed by atoms with Crippen LogP contribution < -0.4 is 4.74 Å². The molecule has 0 N–H and O–H groups in total. The molecule has 6 heteroatoms. The summed E-state index contributed by atoms with van der Waals surface area (Å²) in [5.74, 6) is 0.681. The van der Waals surface area contributed by atoms with Gasteiger partial charge in [0.15, 0.2) is 6.61 Å². The van der Waals surface area contributed by atoms with Crippen molar-refractivity contribution in [3.05, 3.63) is 66.4 Å². The largest absolute Gasteiger partial charge is 0.483 e. The van der Waals surface area contributed by atoms with Crippen molar-refractivity contribution >= 4 is 22.7 Å². The molecule has 0 saturated carbocycles. The molecule has 0 bridgehead atoms. The van der Waals surface area contributed by atoms with E-state index < -0.39 is 0 Å². The Kier molecular flexibility index (Phi) is 5.74. The molecule has 3 aromatic rings. The molecule has 0 atom stereocenters. The average molecular weight is 405 g/mol. The molecule has 4 rings (SSSR count). The predicted octanol–water partition coefficient (Wildman–Crippen LogP) is 3.59. The maximum Gasteiger partial charge on any atom is 0.260 e. The zero-order chi connectivity index (χ0) is 21.1. The number of carbonyl (C=O) groups excluding carboxylic acids is 2. The number of carbonyl (C=O) groups is 2. The van der Waals surface area contributed by atoms with Crippen LogP contribution in [0.4, 0.5) is 0 Å². The summed E-state index contributed by atoms with van der Waals surface area (Å²) >= 11 is 0. The van der Waals surface area contributed by atoms with E-state index in [2.05, 4.69) is 24.5 Å². The highest BCUT2D eigenvalue weighted by Crippen LogP contribution is 2.28. The maximum atomic E-state index is 12.7. The first-order valence-corrected chi connectivity index (χ1v) is 10.4. The van der Waals surface area contributed by atoms with E-state index in [-0.39, 0.29) is 18.4 Å². The number of rotatable bonds is 5. The van der Waals surface area contributed by atoms with E-state index in [0.29, 0.717) is 37.8 Å². The lowest BCUT2D eigenvalue weighted by molar-refractivity contribution is -0.134. The number of hydrogen-bond donors (Lipinski definition) is 0. The molecule has 0 spiro atoms. The van der Waals surface area contributed by atoms with Gasteiger partial charge >= 0.3 is 0 Å². The van der Waals surface area contributed by atoms with E-state index in [9.17, 15) is 9.59 Å². The number of fused-ring (bicyclic) bond motifs is 1. The predicted molar refractivity (Wildman–Crippen MR) is 117 cm³/mol.